The minimum atomic E-state index is -2.39. The number of nitro groups is 2. The topological polar surface area (TPSA) is 245 Å². The van der Waals surface area contributed by atoms with Gasteiger partial charge in [-0.05, 0) is 12.1 Å². The fraction of sp³-hybridized carbons (Fsp3) is 0.0952. The van der Waals surface area contributed by atoms with Crippen LogP contribution in [0.3, 0.4) is 0 Å². The maximum Gasteiger partial charge on any atom is 0.375 e. The summed E-state index contributed by atoms with van der Waals surface area (Å²) >= 11 is 0. The van der Waals surface area contributed by atoms with E-state index in [1.807, 2.05) is 5.32 Å². The molecular weight excluding hydrogens is 496 g/mol. The van der Waals surface area contributed by atoms with E-state index in [0.29, 0.717) is 0 Å². The highest BCUT2D eigenvalue weighted by atomic mass is 16.6. The second-order valence-corrected chi connectivity index (χ2v) is 7.12. The first-order valence-electron chi connectivity index (χ1n) is 9.82. The average molecular weight is 508 g/mol. The number of amides is 1. The number of non-ortho nitro benzene ring substituents is 2. The lowest BCUT2D eigenvalue weighted by atomic mass is 9.94. The minimum Gasteiger partial charge on any atom is -0.463 e. The number of carbonyl (C=O) groups excluding carboxylic acids is 4. The molecule has 1 atom stereocenters. The molecule has 0 aliphatic rings. The zero-order valence-corrected chi connectivity index (χ0v) is 18.4. The lowest BCUT2D eigenvalue weighted by molar-refractivity contribution is -0.385. The minimum absolute atomic E-state index is 0.113. The van der Waals surface area contributed by atoms with Gasteiger partial charge in [0.1, 0.15) is 17.7 Å². The maximum absolute atomic E-state index is 13.0. The quantitative estimate of drug-likeness (QED) is 0.140. The van der Waals surface area contributed by atoms with E-state index >= 15 is 0 Å². The van der Waals surface area contributed by atoms with Crippen molar-refractivity contribution in [1.29, 1.82) is 5.26 Å². The van der Waals surface area contributed by atoms with Crippen molar-refractivity contribution < 1.29 is 33.8 Å². The number of fused-ring (bicyclic) bond motifs is 1. The highest BCUT2D eigenvalue weighted by molar-refractivity contribution is 6.52. The van der Waals surface area contributed by atoms with E-state index in [2.05, 4.69) is 14.7 Å². The van der Waals surface area contributed by atoms with Crippen molar-refractivity contribution in [2.45, 2.75) is 5.92 Å². The largest absolute Gasteiger partial charge is 0.463 e. The number of nitrogens with zero attached hydrogens (tertiary/aromatic N) is 4. The highest BCUT2D eigenvalue weighted by Crippen LogP contribution is 2.24. The molecule has 0 bridgehead atoms. The monoisotopic (exact) mass is 508 g/mol. The summed E-state index contributed by atoms with van der Waals surface area (Å²) in [6.07, 6.45) is 0. The number of rotatable bonds is 8. The normalized spacial score (nSPS) is 11.1. The van der Waals surface area contributed by atoms with Crippen LogP contribution in [0.1, 0.15) is 17.2 Å². The Bertz CT molecular complexity index is 1620. The lowest BCUT2D eigenvalue weighted by Crippen LogP contribution is -2.39. The van der Waals surface area contributed by atoms with Crippen molar-refractivity contribution in [2.75, 3.05) is 12.4 Å². The Morgan fingerprint density at radius 2 is 1.68 bits per heavy atom. The van der Waals surface area contributed by atoms with Crippen molar-refractivity contribution >= 4 is 51.5 Å². The van der Waals surface area contributed by atoms with Crippen LogP contribution in [0.15, 0.2) is 41.2 Å². The third-order valence-electron chi connectivity index (χ3n) is 4.90. The van der Waals surface area contributed by atoms with Gasteiger partial charge >= 0.3 is 5.97 Å². The van der Waals surface area contributed by atoms with E-state index in [4.69, 9.17) is 0 Å². The van der Waals surface area contributed by atoms with Gasteiger partial charge in [-0.15, -0.1) is 0 Å². The number of hydrogen-bond donors (Lipinski definition) is 2. The summed E-state index contributed by atoms with van der Waals surface area (Å²) < 4.78 is 4.31. The van der Waals surface area contributed by atoms with Crippen molar-refractivity contribution in [1.82, 2.24) is 9.97 Å². The van der Waals surface area contributed by atoms with Crippen LogP contribution in [-0.4, -0.2) is 50.4 Å². The molecule has 0 aliphatic carbocycles. The van der Waals surface area contributed by atoms with E-state index in [1.165, 1.54) is 0 Å². The third kappa shape index (κ3) is 5.14. The fourth-order valence-corrected chi connectivity index (χ4v) is 3.15. The van der Waals surface area contributed by atoms with Gasteiger partial charge in [0.2, 0.25) is 5.78 Å². The van der Waals surface area contributed by atoms with E-state index in [0.717, 1.165) is 43.5 Å². The number of methoxy groups -OCH3 is 1. The molecule has 0 saturated carbocycles. The number of esters is 1. The van der Waals surface area contributed by atoms with Crippen LogP contribution in [-0.2, 0) is 23.9 Å². The molecule has 16 nitrogen and oxygen atoms in total. The zero-order valence-electron chi connectivity index (χ0n) is 18.4. The molecule has 1 heterocycles. The second-order valence-electron chi connectivity index (χ2n) is 7.12. The number of nitrogens with one attached hydrogen (secondary N) is 2. The molecule has 0 unspecified atom stereocenters. The number of Topliss-reactive ketones (excluding diaryl/α,β-unsaturated/α-hetero) is 2. The molecule has 0 aliphatic heterocycles. The van der Waals surface area contributed by atoms with Crippen molar-refractivity contribution in [3.05, 3.63) is 78.2 Å². The van der Waals surface area contributed by atoms with Crippen LogP contribution in [0, 0.1) is 31.6 Å². The number of H-pyrrole nitrogens is 1. The van der Waals surface area contributed by atoms with Gasteiger partial charge in [-0.25, -0.2) is 9.78 Å². The Labute approximate surface area is 203 Å². The first kappa shape index (κ1) is 25.8. The van der Waals surface area contributed by atoms with Gasteiger partial charge in [0, 0.05) is 24.3 Å². The molecular formula is C21H12N6O10. The Morgan fingerprint density at radius 1 is 1.05 bits per heavy atom. The number of ketones is 2. The summed E-state index contributed by atoms with van der Waals surface area (Å²) in [6.45, 7) is 0. The summed E-state index contributed by atoms with van der Waals surface area (Å²) in [7, 11) is 0.815. The third-order valence-corrected chi connectivity index (χ3v) is 4.90. The van der Waals surface area contributed by atoms with Gasteiger partial charge in [-0.3, -0.25) is 39.4 Å². The first-order chi connectivity index (χ1) is 17.5. The fourth-order valence-electron chi connectivity index (χ4n) is 3.15. The molecule has 1 amide bonds. The Kier molecular flexibility index (Phi) is 7.09. The molecule has 2 N–H and O–H groups in total. The molecule has 0 fully saturated rings. The summed E-state index contributed by atoms with van der Waals surface area (Å²) in [5, 5.41) is 33.1. The zero-order chi connectivity index (χ0) is 27.4. The molecule has 37 heavy (non-hydrogen) atoms. The predicted molar refractivity (Wildman–Crippen MR) is 120 cm³/mol. The number of anilines is 1. The highest BCUT2D eigenvalue weighted by Gasteiger charge is 2.40. The molecule has 0 spiro atoms. The molecule has 1 aromatic heterocycles. The molecule has 0 radical (unpaired) electrons. The number of hydrogen-bond acceptors (Lipinski definition) is 12. The summed E-state index contributed by atoms with van der Waals surface area (Å²) in [6, 6.07) is 7.43. The van der Waals surface area contributed by atoms with Crippen molar-refractivity contribution in [2.24, 2.45) is 0 Å². The van der Waals surface area contributed by atoms with Gasteiger partial charge < -0.3 is 15.0 Å². The molecule has 16 heteroatoms. The molecule has 0 saturated heterocycles. The standard InChI is InChI=1S/C21H12N6O10/c1-37-21(32)18(29)15(16-19(30)25-14-7-11(27(35)36)3-5-13(14)23-16)17(28)20(31)24-12-4-2-10(26(33)34)6-9(12)8-22/h2-7,15H,1H3,(H,24,31)(H,25,30)/t15-/m0/s1. The van der Waals surface area contributed by atoms with E-state index in [-0.39, 0.29) is 16.7 Å². The molecule has 3 aromatic rings. The number of ether oxygens (including phenoxy) is 1. The smallest absolute Gasteiger partial charge is 0.375 e. The number of benzene rings is 2. The van der Waals surface area contributed by atoms with E-state index in [1.54, 1.807) is 6.07 Å². The number of aromatic amines is 1. The Hall–Kier alpha value is -5.85. The van der Waals surface area contributed by atoms with Crippen LogP contribution < -0.4 is 10.9 Å². The van der Waals surface area contributed by atoms with E-state index < -0.39 is 67.4 Å². The molecule has 3 rings (SSSR count). The maximum atomic E-state index is 13.0. The second kappa shape index (κ2) is 10.2. The van der Waals surface area contributed by atoms with Crippen LogP contribution >= 0.6 is 0 Å². The van der Waals surface area contributed by atoms with E-state index in [9.17, 15) is 49.5 Å². The van der Waals surface area contributed by atoms with Crippen molar-refractivity contribution in [3.8, 4) is 6.07 Å². The first-order valence-corrected chi connectivity index (χ1v) is 9.82. The van der Waals surface area contributed by atoms with Gasteiger partial charge in [0.05, 0.1) is 39.2 Å². The summed E-state index contributed by atoms with van der Waals surface area (Å²) in [4.78, 5) is 89.4. The Morgan fingerprint density at radius 3 is 2.27 bits per heavy atom. The van der Waals surface area contributed by atoms with Gasteiger partial charge in [-0.1, -0.05) is 0 Å². The summed E-state index contributed by atoms with van der Waals surface area (Å²) in [5.41, 5.74) is -3.92. The lowest BCUT2D eigenvalue weighted by Gasteiger charge is -2.13. The van der Waals surface area contributed by atoms with Crippen LogP contribution in [0.5, 0.6) is 0 Å². The number of aromatic nitrogens is 2. The molecule has 2 aromatic carbocycles. The number of nitro benzene ring substituents is 2. The van der Waals surface area contributed by atoms with Gasteiger partial charge in [0.15, 0.2) is 0 Å². The Balaban J connectivity index is 2.07. The summed E-state index contributed by atoms with van der Waals surface area (Å²) in [5.74, 6) is -8.79. The number of nitriles is 1. The predicted octanol–water partition coefficient (Wildman–Crippen LogP) is 0.645. The molecule has 186 valence electrons. The number of carbonyl (C=O) groups is 4. The SMILES string of the molecule is COC(=O)C(=O)[C@H](C(=O)C(=O)Nc1ccc([N+](=O)[O-])cc1C#N)c1nc2ccc([N+](=O)[O-])cc2[nH]c1=O. The average Bonchev–Trinajstić information content (AvgIpc) is 2.87. The van der Waals surface area contributed by atoms with Gasteiger partial charge in [0.25, 0.3) is 28.6 Å². The van der Waals surface area contributed by atoms with Crippen LogP contribution in [0.4, 0.5) is 17.1 Å². The van der Waals surface area contributed by atoms with Gasteiger partial charge in [-0.2, -0.15) is 5.26 Å². The van der Waals surface area contributed by atoms with Crippen molar-refractivity contribution in [3.63, 3.8) is 0 Å². The van der Waals surface area contributed by atoms with Crippen LogP contribution in [0.2, 0.25) is 0 Å². The van der Waals surface area contributed by atoms with Crippen LogP contribution in [0.25, 0.3) is 11.0 Å².